The maximum Gasteiger partial charge on any atom is 0.219 e. The van der Waals surface area contributed by atoms with Crippen molar-refractivity contribution >= 4 is 17.2 Å². The Hall–Kier alpha value is -2.71. The minimum Gasteiger partial charge on any atom is -0.477 e. The molecule has 2 N–H and O–H groups in total. The summed E-state index contributed by atoms with van der Waals surface area (Å²) in [6.07, 6.45) is 5.32. The standard InChI is InChI=1S/C22H26FN5O2/c1-29-19-12-24-8-7-15(19)13-30-21-10-20(26-17-4-2-3-16(23)9-17)28-22(27-21)18(11-25-28)14-5-6-14/h2-4,9-11,14-15,19,24,26H,5-8,12-13H2,1H3. The van der Waals surface area contributed by atoms with E-state index in [9.17, 15) is 4.39 Å². The van der Waals surface area contributed by atoms with Gasteiger partial charge in [-0.1, -0.05) is 6.07 Å². The lowest BCUT2D eigenvalue weighted by atomic mass is 9.96. The summed E-state index contributed by atoms with van der Waals surface area (Å²) >= 11 is 0. The maximum atomic E-state index is 13.7. The molecule has 2 unspecified atom stereocenters. The molecular formula is C22H26FN5O2. The number of hydrogen-bond donors (Lipinski definition) is 2. The fraction of sp³-hybridized carbons (Fsp3) is 0.455. The normalized spacial score (nSPS) is 21.7. The van der Waals surface area contributed by atoms with Crippen molar-refractivity contribution in [1.29, 1.82) is 0 Å². The molecule has 0 radical (unpaired) electrons. The van der Waals surface area contributed by atoms with E-state index < -0.39 is 0 Å². The smallest absolute Gasteiger partial charge is 0.219 e. The van der Waals surface area contributed by atoms with Gasteiger partial charge in [-0.3, -0.25) is 0 Å². The molecule has 1 aromatic carbocycles. The maximum absolute atomic E-state index is 13.7. The van der Waals surface area contributed by atoms with Gasteiger partial charge in [0.2, 0.25) is 5.88 Å². The van der Waals surface area contributed by atoms with Crippen LogP contribution in [-0.2, 0) is 4.74 Å². The summed E-state index contributed by atoms with van der Waals surface area (Å²) in [5.41, 5.74) is 2.58. The van der Waals surface area contributed by atoms with Gasteiger partial charge in [0.25, 0.3) is 0 Å². The van der Waals surface area contributed by atoms with Crippen molar-refractivity contribution in [2.45, 2.75) is 31.3 Å². The molecule has 2 aromatic heterocycles. The Morgan fingerprint density at radius 3 is 2.97 bits per heavy atom. The number of fused-ring (bicyclic) bond motifs is 1. The first-order valence-electron chi connectivity index (χ1n) is 10.5. The van der Waals surface area contributed by atoms with Crippen molar-refractivity contribution in [2.24, 2.45) is 5.92 Å². The first-order valence-corrected chi connectivity index (χ1v) is 10.5. The van der Waals surface area contributed by atoms with Crippen molar-refractivity contribution in [3.63, 3.8) is 0 Å². The van der Waals surface area contributed by atoms with Crippen LogP contribution in [0.15, 0.2) is 36.5 Å². The van der Waals surface area contributed by atoms with Gasteiger partial charge in [-0.2, -0.15) is 14.6 Å². The van der Waals surface area contributed by atoms with Crippen molar-refractivity contribution in [2.75, 3.05) is 32.1 Å². The summed E-state index contributed by atoms with van der Waals surface area (Å²) in [6, 6.07) is 8.19. The third-order valence-electron chi connectivity index (χ3n) is 5.90. The summed E-state index contributed by atoms with van der Waals surface area (Å²) in [4.78, 5) is 4.76. The van der Waals surface area contributed by atoms with Gasteiger partial charge in [-0.25, -0.2) is 4.39 Å². The van der Waals surface area contributed by atoms with E-state index in [4.69, 9.17) is 14.5 Å². The van der Waals surface area contributed by atoms with E-state index >= 15 is 0 Å². The largest absolute Gasteiger partial charge is 0.477 e. The van der Waals surface area contributed by atoms with Gasteiger partial charge in [0.1, 0.15) is 11.6 Å². The molecule has 5 rings (SSSR count). The number of benzene rings is 1. The Bertz CT molecular complexity index is 1040. The molecule has 8 heteroatoms. The zero-order valence-electron chi connectivity index (χ0n) is 17.0. The topological polar surface area (TPSA) is 72.7 Å². The van der Waals surface area contributed by atoms with Crippen LogP contribution in [-0.4, -0.2) is 47.5 Å². The number of anilines is 2. The van der Waals surface area contributed by atoms with E-state index in [0.29, 0.717) is 35.8 Å². The number of nitrogens with one attached hydrogen (secondary N) is 2. The highest BCUT2D eigenvalue weighted by Gasteiger charge is 2.29. The molecule has 30 heavy (non-hydrogen) atoms. The summed E-state index contributed by atoms with van der Waals surface area (Å²) in [6.45, 7) is 2.33. The average Bonchev–Trinajstić information content (AvgIpc) is 3.51. The molecule has 2 atom stereocenters. The Balaban J connectivity index is 1.44. The molecule has 3 heterocycles. The van der Waals surface area contributed by atoms with E-state index in [1.54, 1.807) is 17.7 Å². The highest BCUT2D eigenvalue weighted by molar-refractivity contribution is 5.63. The van der Waals surface area contributed by atoms with Crippen LogP contribution < -0.4 is 15.4 Å². The SMILES string of the molecule is COC1CNCCC1COc1cc(Nc2cccc(F)c2)n2ncc(C3CC3)c2n1. The summed E-state index contributed by atoms with van der Waals surface area (Å²) in [7, 11) is 1.74. The molecule has 7 nitrogen and oxygen atoms in total. The van der Waals surface area contributed by atoms with E-state index in [2.05, 4.69) is 15.7 Å². The monoisotopic (exact) mass is 411 g/mol. The van der Waals surface area contributed by atoms with Crippen LogP contribution in [0.4, 0.5) is 15.9 Å². The average molecular weight is 411 g/mol. The minimum atomic E-state index is -0.294. The predicted octanol–water partition coefficient (Wildman–Crippen LogP) is 3.49. The van der Waals surface area contributed by atoms with Gasteiger partial charge in [0, 0.05) is 36.9 Å². The van der Waals surface area contributed by atoms with Crippen molar-refractivity contribution < 1.29 is 13.9 Å². The zero-order valence-corrected chi connectivity index (χ0v) is 17.0. The van der Waals surface area contributed by atoms with Crippen LogP contribution in [0.3, 0.4) is 0 Å². The van der Waals surface area contributed by atoms with Crippen LogP contribution in [0.5, 0.6) is 5.88 Å². The van der Waals surface area contributed by atoms with Crippen LogP contribution >= 0.6 is 0 Å². The molecule has 2 fully saturated rings. The number of piperidine rings is 1. The molecule has 0 spiro atoms. The highest BCUT2D eigenvalue weighted by Crippen LogP contribution is 2.42. The van der Waals surface area contributed by atoms with Crippen LogP contribution in [0.25, 0.3) is 5.65 Å². The van der Waals surface area contributed by atoms with Gasteiger partial charge in [0.15, 0.2) is 5.65 Å². The summed E-state index contributed by atoms with van der Waals surface area (Å²) in [5.74, 6) is 1.76. The molecule has 2 aliphatic rings. The molecule has 3 aromatic rings. The van der Waals surface area contributed by atoms with Gasteiger partial charge in [0.05, 0.1) is 18.9 Å². The molecule has 1 saturated carbocycles. The number of nitrogens with zero attached hydrogens (tertiary/aromatic N) is 3. The number of halogens is 1. The third kappa shape index (κ3) is 3.97. The van der Waals surface area contributed by atoms with E-state index in [1.807, 2.05) is 18.3 Å². The quantitative estimate of drug-likeness (QED) is 0.620. The predicted molar refractivity (Wildman–Crippen MR) is 112 cm³/mol. The van der Waals surface area contributed by atoms with Crippen LogP contribution in [0.2, 0.25) is 0 Å². The molecule has 0 amide bonds. The lowest BCUT2D eigenvalue weighted by Gasteiger charge is -2.30. The van der Waals surface area contributed by atoms with Gasteiger partial charge < -0.3 is 20.1 Å². The molecule has 1 aliphatic heterocycles. The Kier molecular flexibility index (Phi) is 5.26. The van der Waals surface area contributed by atoms with Crippen LogP contribution in [0, 0.1) is 11.7 Å². The molecule has 1 aliphatic carbocycles. The summed E-state index contributed by atoms with van der Waals surface area (Å²) in [5, 5.41) is 11.1. The number of rotatable bonds is 7. The first kappa shape index (κ1) is 19.3. The highest BCUT2D eigenvalue weighted by atomic mass is 19.1. The lowest BCUT2D eigenvalue weighted by Crippen LogP contribution is -2.44. The Morgan fingerprint density at radius 2 is 2.17 bits per heavy atom. The molecular weight excluding hydrogens is 385 g/mol. The van der Waals surface area contributed by atoms with Gasteiger partial charge >= 0.3 is 0 Å². The Labute approximate surface area is 174 Å². The van der Waals surface area contributed by atoms with Crippen molar-refractivity contribution in [3.05, 3.63) is 47.9 Å². The number of hydrogen-bond acceptors (Lipinski definition) is 6. The fourth-order valence-electron chi connectivity index (χ4n) is 4.06. The second kappa shape index (κ2) is 8.20. The van der Waals surface area contributed by atoms with Gasteiger partial charge in [-0.15, -0.1) is 0 Å². The molecule has 158 valence electrons. The first-order chi connectivity index (χ1) is 14.7. The van der Waals surface area contributed by atoms with Crippen LogP contribution in [0.1, 0.15) is 30.7 Å². The Morgan fingerprint density at radius 1 is 1.27 bits per heavy atom. The molecule has 0 bridgehead atoms. The van der Waals surface area contributed by atoms with Crippen molar-refractivity contribution in [1.82, 2.24) is 19.9 Å². The van der Waals surface area contributed by atoms with Crippen molar-refractivity contribution in [3.8, 4) is 5.88 Å². The summed E-state index contributed by atoms with van der Waals surface area (Å²) < 4.78 is 27.2. The third-order valence-corrected chi connectivity index (χ3v) is 5.90. The molecule has 1 saturated heterocycles. The second-order valence-electron chi connectivity index (χ2n) is 8.06. The van der Waals surface area contributed by atoms with E-state index in [1.165, 1.54) is 12.1 Å². The number of aromatic nitrogens is 3. The zero-order chi connectivity index (χ0) is 20.5. The number of ether oxygens (including phenoxy) is 2. The lowest BCUT2D eigenvalue weighted by molar-refractivity contribution is 0.0136. The fourth-order valence-corrected chi connectivity index (χ4v) is 4.06. The van der Waals surface area contributed by atoms with E-state index in [-0.39, 0.29) is 11.9 Å². The van der Waals surface area contributed by atoms with Gasteiger partial charge in [-0.05, 0) is 49.9 Å². The van der Waals surface area contributed by atoms with E-state index in [0.717, 1.165) is 43.6 Å². The number of methoxy groups -OCH3 is 1. The minimum absolute atomic E-state index is 0.129. The second-order valence-corrected chi connectivity index (χ2v) is 8.06.